The molecule has 0 saturated carbocycles. The van der Waals surface area contributed by atoms with E-state index in [-0.39, 0.29) is 6.04 Å². The zero-order valence-corrected chi connectivity index (χ0v) is 12.5. The van der Waals surface area contributed by atoms with Crippen molar-refractivity contribution in [3.8, 4) is 0 Å². The predicted molar refractivity (Wildman–Crippen MR) is 84.7 cm³/mol. The lowest BCUT2D eigenvalue weighted by molar-refractivity contribution is 0.887. The second-order valence-corrected chi connectivity index (χ2v) is 5.30. The van der Waals surface area contributed by atoms with Crippen LogP contribution < -0.4 is 16.4 Å². The highest BCUT2D eigenvalue weighted by molar-refractivity contribution is 6.30. The fraction of sp³-hybridized carbons (Fsp3) is 0.286. The molecule has 0 bridgehead atoms. The standard InChI is InChI=1S/C14H18ClN5/c1-8(2)19-13-12(16)14(18-7-17-13)20-11-6-10(15)5-4-9(11)3/h4-8H,16H2,1-3H3,(H2,17,18,19,20). The monoisotopic (exact) mass is 291 g/mol. The van der Waals surface area contributed by atoms with E-state index in [1.807, 2.05) is 39.0 Å². The third kappa shape index (κ3) is 3.30. The molecule has 0 aliphatic heterocycles. The lowest BCUT2D eigenvalue weighted by atomic mass is 10.2. The number of nitrogen functional groups attached to an aromatic ring is 1. The van der Waals surface area contributed by atoms with Gasteiger partial charge in [0.15, 0.2) is 11.6 Å². The summed E-state index contributed by atoms with van der Waals surface area (Å²) in [7, 11) is 0. The lowest BCUT2D eigenvalue weighted by Gasteiger charge is -2.15. The predicted octanol–water partition coefficient (Wildman–Crippen LogP) is 3.58. The summed E-state index contributed by atoms with van der Waals surface area (Å²) in [5.41, 5.74) is 8.51. The molecule has 0 aliphatic rings. The first-order chi connectivity index (χ1) is 9.47. The van der Waals surface area contributed by atoms with Crippen LogP contribution in [0, 0.1) is 6.92 Å². The molecular weight excluding hydrogens is 274 g/mol. The van der Waals surface area contributed by atoms with E-state index in [1.165, 1.54) is 6.33 Å². The van der Waals surface area contributed by atoms with Gasteiger partial charge in [-0.25, -0.2) is 9.97 Å². The quantitative estimate of drug-likeness (QED) is 0.802. The fourth-order valence-corrected chi connectivity index (χ4v) is 1.91. The molecule has 5 nitrogen and oxygen atoms in total. The highest BCUT2D eigenvalue weighted by Gasteiger charge is 2.10. The van der Waals surface area contributed by atoms with Crippen molar-refractivity contribution in [2.24, 2.45) is 0 Å². The highest BCUT2D eigenvalue weighted by Crippen LogP contribution is 2.29. The zero-order chi connectivity index (χ0) is 14.7. The van der Waals surface area contributed by atoms with Gasteiger partial charge in [0.05, 0.1) is 0 Å². The van der Waals surface area contributed by atoms with Gasteiger partial charge < -0.3 is 16.4 Å². The summed E-state index contributed by atoms with van der Waals surface area (Å²) in [5.74, 6) is 1.19. The van der Waals surface area contributed by atoms with Gasteiger partial charge in [-0.3, -0.25) is 0 Å². The Hall–Kier alpha value is -2.01. The molecule has 2 rings (SSSR count). The second-order valence-electron chi connectivity index (χ2n) is 4.87. The number of halogens is 1. The van der Waals surface area contributed by atoms with Gasteiger partial charge in [-0.15, -0.1) is 0 Å². The van der Waals surface area contributed by atoms with Crippen molar-refractivity contribution in [2.45, 2.75) is 26.8 Å². The maximum absolute atomic E-state index is 6.08. The van der Waals surface area contributed by atoms with Gasteiger partial charge in [0, 0.05) is 16.8 Å². The van der Waals surface area contributed by atoms with Crippen LogP contribution in [-0.2, 0) is 0 Å². The van der Waals surface area contributed by atoms with E-state index in [0.717, 1.165) is 11.3 Å². The van der Waals surface area contributed by atoms with Crippen molar-refractivity contribution in [1.29, 1.82) is 0 Å². The number of benzene rings is 1. The van der Waals surface area contributed by atoms with Crippen LogP contribution in [-0.4, -0.2) is 16.0 Å². The normalized spacial score (nSPS) is 10.7. The number of nitrogens with one attached hydrogen (secondary N) is 2. The van der Waals surface area contributed by atoms with Crippen LogP contribution in [0.3, 0.4) is 0 Å². The molecule has 20 heavy (non-hydrogen) atoms. The number of rotatable bonds is 4. The molecule has 1 heterocycles. The summed E-state index contributed by atoms with van der Waals surface area (Å²) < 4.78 is 0. The Morgan fingerprint density at radius 3 is 2.60 bits per heavy atom. The van der Waals surface area contributed by atoms with E-state index in [9.17, 15) is 0 Å². The first-order valence-corrected chi connectivity index (χ1v) is 6.75. The Morgan fingerprint density at radius 1 is 1.20 bits per heavy atom. The van der Waals surface area contributed by atoms with Gasteiger partial charge in [0.25, 0.3) is 0 Å². The molecule has 0 aliphatic carbocycles. The number of hydrogen-bond donors (Lipinski definition) is 3. The van der Waals surface area contributed by atoms with Gasteiger partial charge in [-0.1, -0.05) is 17.7 Å². The van der Waals surface area contributed by atoms with Crippen molar-refractivity contribution in [1.82, 2.24) is 9.97 Å². The van der Waals surface area contributed by atoms with E-state index in [1.54, 1.807) is 0 Å². The molecule has 0 amide bonds. The minimum Gasteiger partial charge on any atom is -0.393 e. The van der Waals surface area contributed by atoms with Crippen LogP contribution in [0.2, 0.25) is 5.02 Å². The molecule has 0 fully saturated rings. The summed E-state index contributed by atoms with van der Waals surface area (Å²) in [6, 6.07) is 5.87. The number of aromatic nitrogens is 2. The van der Waals surface area contributed by atoms with Crippen molar-refractivity contribution < 1.29 is 0 Å². The van der Waals surface area contributed by atoms with Crippen LogP contribution in [0.1, 0.15) is 19.4 Å². The smallest absolute Gasteiger partial charge is 0.159 e. The molecule has 2 aromatic rings. The number of nitrogens with two attached hydrogens (primary N) is 1. The molecular formula is C14H18ClN5. The Bertz CT molecular complexity index is 613. The fourth-order valence-electron chi connectivity index (χ4n) is 1.74. The van der Waals surface area contributed by atoms with Crippen LogP contribution in [0.25, 0.3) is 0 Å². The van der Waals surface area contributed by atoms with Gasteiger partial charge in [-0.05, 0) is 38.5 Å². The van der Waals surface area contributed by atoms with Gasteiger partial charge in [0.1, 0.15) is 12.0 Å². The average Bonchev–Trinajstić information content (AvgIpc) is 2.38. The molecule has 0 atom stereocenters. The van der Waals surface area contributed by atoms with Gasteiger partial charge in [-0.2, -0.15) is 0 Å². The minimum absolute atomic E-state index is 0.243. The van der Waals surface area contributed by atoms with E-state index in [0.29, 0.717) is 22.3 Å². The Labute approximate surface area is 123 Å². The van der Waals surface area contributed by atoms with E-state index >= 15 is 0 Å². The van der Waals surface area contributed by atoms with Crippen LogP contribution in [0.15, 0.2) is 24.5 Å². The minimum atomic E-state index is 0.243. The summed E-state index contributed by atoms with van der Waals surface area (Å²) in [5, 5.41) is 7.04. The van der Waals surface area contributed by atoms with Crippen molar-refractivity contribution in [3.05, 3.63) is 35.1 Å². The first kappa shape index (κ1) is 14.4. The molecule has 0 saturated heterocycles. The summed E-state index contributed by atoms with van der Waals surface area (Å²) >= 11 is 6.01. The topological polar surface area (TPSA) is 75.9 Å². The lowest BCUT2D eigenvalue weighted by Crippen LogP contribution is -2.14. The van der Waals surface area contributed by atoms with Crippen molar-refractivity contribution in [2.75, 3.05) is 16.4 Å². The molecule has 1 aromatic heterocycles. The van der Waals surface area contributed by atoms with Gasteiger partial charge in [0.2, 0.25) is 0 Å². The molecule has 0 unspecified atom stereocenters. The van der Waals surface area contributed by atoms with Crippen molar-refractivity contribution >= 4 is 34.6 Å². The third-order valence-corrected chi connectivity index (χ3v) is 3.00. The van der Waals surface area contributed by atoms with E-state index in [2.05, 4.69) is 20.6 Å². The number of aryl methyl sites for hydroxylation is 1. The Morgan fingerprint density at radius 2 is 1.90 bits per heavy atom. The number of nitrogens with zero attached hydrogens (tertiary/aromatic N) is 2. The molecule has 106 valence electrons. The average molecular weight is 292 g/mol. The van der Waals surface area contributed by atoms with Gasteiger partial charge >= 0.3 is 0 Å². The SMILES string of the molecule is Cc1ccc(Cl)cc1Nc1ncnc(NC(C)C)c1N. The number of hydrogen-bond acceptors (Lipinski definition) is 5. The third-order valence-electron chi connectivity index (χ3n) is 2.76. The summed E-state index contributed by atoms with van der Waals surface area (Å²) in [4.78, 5) is 8.33. The Balaban J connectivity index is 2.32. The van der Waals surface area contributed by atoms with Crippen molar-refractivity contribution in [3.63, 3.8) is 0 Å². The maximum atomic E-state index is 6.08. The molecule has 1 aromatic carbocycles. The first-order valence-electron chi connectivity index (χ1n) is 6.37. The molecule has 6 heteroatoms. The zero-order valence-electron chi connectivity index (χ0n) is 11.7. The molecule has 0 spiro atoms. The van der Waals surface area contributed by atoms with E-state index < -0.39 is 0 Å². The second kappa shape index (κ2) is 5.96. The van der Waals surface area contributed by atoms with Crippen LogP contribution >= 0.6 is 11.6 Å². The molecule has 0 radical (unpaired) electrons. The van der Waals surface area contributed by atoms with Crippen LogP contribution in [0.5, 0.6) is 0 Å². The Kier molecular flexibility index (Phi) is 4.29. The van der Waals surface area contributed by atoms with Crippen LogP contribution in [0.4, 0.5) is 23.0 Å². The molecule has 4 N–H and O–H groups in total. The highest BCUT2D eigenvalue weighted by atomic mass is 35.5. The largest absolute Gasteiger partial charge is 0.393 e. The summed E-state index contributed by atoms with van der Waals surface area (Å²) in [6.45, 7) is 6.04. The maximum Gasteiger partial charge on any atom is 0.159 e. The summed E-state index contributed by atoms with van der Waals surface area (Å²) in [6.07, 6.45) is 1.48. The van der Waals surface area contributed by atoms with E-state index in [4.69, 9.17) is 17.3 Å². The number of anilines is 4.